The fourth-order valence-electron chi connectivity index (χ4n) is 2.77. The highest BCUT2D eigenvalue weighted by Gasteiger charge is 2.20. The van der Waals surface area contributed by atoms with Crippen molar-refractivity contribution in [2.24, 2.45) is 0 Å². The van der Waals surface area contributed by atoms with Crippen LogP contribution in [0.5, 0.6) is 0 Å². The molecule has 0 atom stereocenters. The molecule has 1 saturated carbocycles. The maximum absolute atomic E-state index is 12.1. The van der Waals surface area contributed by atoms with Gasteiger partial charge in [0.05, 0.1) is 24.2 Å². The van der Waals surface area contributed by atoms with Gasteiger partial charge in [0.15, 0.2) is 0 Å². The number of nitrogens with one attached hydrogen (secondary N) is 1. The zero-order valence-corrected chi connectivity index (χ0v) is 12.8. The number of benzene rings is 1. The summed E-state index contributed by atoms with van der Waals surface area (Å²) in [6.07, 6.45) is 6.10. The molecule has 0 aliphatic heterocycles. The van der Waals surface area contributed by atoms with Gasteiger partial charge in [0.1, 0.15) is 0 Å². The third kappa shape index (κ3) is 4.26. The Balaban J connectivity index is 2.10. The summed E-state index contributed by atoms with van der Waals surface area (Å²) in [5.41, 5.74) is 1.19. The number of sulfonamides is 1. The summed E-state index contributed by atoms with van der Waals surface area (Å²) in [6, 6.07) is 6.07. The zero-order valence-electron chi connectivity index (χ0n) is 12.0. The molecule has 1 aromatic carbocycles. The molecule has 3 N–H and O–H groups in total. The molecule has 1 aromatic rings. The van der Waals surface area contributed by atoms with Crippen LogP contribution < -0.4 is 4.72 Å². The molecule has 0 spiro atoms. The normalized spacial score (nSPS) is 17.3. The molecule has 1 aliphatic rings. The molecule has 0 unspecified atom stereocenters. The molecular formula is C15H23NO4S. The van der Waals surface area contributed by atoms with E-state index < -0.39 is 29.3 Å². The standard InChI is InChI=1S/C15H23NO4S/c17-10-14(11-18)16-21(19,20)15-8-6-13(7-9-15)12-4-2-1-3-5-12/h6-9,12,14,16-18H,1-5,10-11H2. The van der Waals surface area contributed by atoms with E-state index in [0.717, 1.165) is 0 Å². The maximum Gasteiger partial charge on any atom is 0.240 e. The van der Waals surface area contributed by atoms with E-state index in [1.54, 1.807) is 12.1 Å². The van der Waals surface area contributed by atoms with Gasteiger partial charge >= 0.3 is 0 Å². The summed E-state index contributed by atoms with van der Waals surface area (Å²) < 4.78 is 26.5. The van der Waals surface area contributed by atoms with Crippen LogP contribution >= 0.6 is 0 Å². The minimum Gasteiger partial charge on any atom is -0.395 e. The van der Waals surface area contributed by atoms with Gasteiger partial charge in [-0.05, 0) is 36.5 Å². The summed E-state index contributed by atoms with van der Waals surface area (Å²) >= 11 is 0. The third-order valence-corrected chi connectivity index (χ3v) is 5.57. The largest absolute Gasteiger partial charge is 0.395 e. The highest BCUT2D eigenvalue weighted by Crippen LogP contribution is 2.32. The minimum absolute atomic E-state index is 0.161. The number of aliphatic hydroxyl groups excluding tert-OH is 2. The topological polar surface area (TPSA) is 86.6 Å². The lowest BCUT2D eigenvalue weighted by molar-refractivity contribution is 0.185. The van der Waals surface area contributed by atoms with Crippen molar-refractivity contribution >= 4 is 10.0 Å². The van der Waals surface area contributed by atoms with Gasteiger partial charge in [0, 0.05) is 0 Å². The summed E-state index contributed by atoms with van der Waals surface area (Å²) in [6.45, 7) is -0.869. The van der Waals surface area contributed by atoms with Crippen LogP contribution in [0.15, 0.2) is 29.2 Å². The Hall–Kier alpha value is -0.950. The smallest absolute Gasteiger partial charge is 0.240 e. The summed E-state index contributed by atoms with van der Waals surface area (Å²) in [5.74, 6) is 0.533. The lowest BCUT2D eigenvalue weighted by Crippen LogP contribution is -2.39. The van der Waals surface area contributed by atoms with E-state index in [4.69, 9.17) is 10.2 Å². The first kappa shape index (κ1) is 16.4. The van der Waals surface area contributed by atoms with E-state index in [9.17, 15) is 8.42 Å². The first-order chi connectivity index (χ1) is 10.1. The van der Waals surface area contributed by atoms with Crippen LogP contribution in [-0.4, -0.2) is 37.9 Å². The molecule has 0 bridgehead atoms. The van der Waals surface area contributed by atoms with Crippen molar-refractivity contribution in [3.05, 3.63) is 29.8 Å². The van der Waals surface area contributed by atoms with Gasteiger partial charge in [-0.1, -0.05) is 31.4 Å². The fourth-order valence-corrected chi connectivity index (χ4v) is 3.99. The average Bonchev–Trinajstić information content (AvgIpc) is 2.53. The summed E-state index contributed by atoms with van der Waals surface area (Å²) in [5, 5.41) is 17.9. The molecule has 0 radical (unpaired) electrons. The van der Waals surface area contributed by atoms with E-state index in [1.165, 1.54) is 37.7 Å². The van der Waals surface area contributed by atoms with Crippen LogP contribution in [0.2, 0.25) is 0 Å². The van der Waals surface area contributed by atoms with Gasteiger partial charge in [-0.15, -0.1) is 0 Å². The Bertz CT molecular complexity index is 531. The van der Waals surface area contributed by atoms with Crippen molar-refractivity contribution < 1.29 is 18.6 Å². The summed E-state index contributed by atoms with van der Waals surface area (Å²) in [7, 11) is -3.70. The Morgan fingerprint density at radius 2 is 1.62 bits per heavy atom. The van der Waals surface area contributed by atoms with Crippen molar-refractivity contribution in [1.82, 2.24) is 4.72 Å². The van der Waals surface area contributed by atoms with Gasteiger partial charge < -0.3 is 10.2 Å². The van der Waals surface area contributed by atoms with Gasteiger partial charge in [-0.25, -0.2) is 13.1 Å². The van der Waals surface area contributed by atoms with Crippen LogP contribution in [0, 0.1) is 0 Å². The Morgan fingerprint density at radius 3 is 2.14 bits per heavy atom. The number of hydrogen-bond acceptors (Lipinski definition) is 4. The first-order valence-corrected chi connectivity index (χ1v) is 8.89. The van der Waals surface area contributed by atoms with Crippen molar-refractivity contribution in [2.75, 3.05) is 13.2 Å². The monoisotopic (exact) mass is 313 g/mol. The van der Waals surface area contributed by atoms with Crippen molar-refractivity contribution in [2.45, 2.75) is 49.0 Å². The number of aliphatic hydroxyl groups is 2. The maximum atomic E-state index is 12.1. The molecular weight excluding hydrogens is 290 g/mol. The molecule has 1 aliphatic carbocycles. The highest BCUT2D eigenvalue weighted by atomic mass is 32.2. The summed E-state index contributed by atoms with van der Waals surface area (Å²) in [4.78, 5) is 0.161. The lowest BCUT2D eigenvalue weighted by atomic mass is 9.84. The van der Waals surface area contributed by atoms with Gasteiger partial charge in [-0.2, -0.15) is 0 Å². The lowest BCUT2D eigenvalue weighted by Gasteiger charge is -2.22. The molecule has 6 heteroatoms. The molecule has 118 valence electrons. The van der Waals surface area contributed by atoms with Crippen LogP contribution in [0.1, 0.15) is 43.6 Å². The second-order valence-electron chi connectivity index (χ2n) is 5.59. The predicted molar refractivity (Wildman–Crippen MR) is 80.5 cm³/mol. The van der Waals surface area contributed by atoms with Crippen molar-refractivity contribution in [3.63, 3.8) is 0 Å². The quantitative estimate of drug-likeness (QED) is 0.740. The number of rotatable bonds is 6. The predicted octanol–water partition coefficient (Wildman–Crippen LogP) is 1.37. The van der Waals surface area contributed by atoms with Crippen LogP contribution in [0.25, 0.3) is 0 Å². The van der Waals surface area contributed by atoms with Gasteiger partial charge in [0.2, 0.25) is 10.0 Å². The molecule has 5 nitrogen and oxygen atoms in total. The average molecular weight is 313 g/mol. The van der Waals surface area contributed by atoms with Crippen LogP contribution in [0.3, 0.4) is 0 Å². The molecule has 21 heavy (non-hydrogen) atoms. The second kappa shape index (κ2) is 7.35. The first-order valence-electron chi connectivity index (χ1n) is 7.41. The van der Waals surface area contributed by atoms with Crippen LogP contribution in [-0.2, 0) is 10.0 Å². The van der Waals surface area contributed by atoms with E-state index >= 15 is 0 Å². The molecule has 1 fully saturated rings. The Labute approximate surface area is 126 Å². The zero-order chi connectivity index (χ0) is 15.3. The highest BCUT2D eigenvalue weighted by molar-refractivity contribution is 7.89. The molecule has 0 heterocycles. The van der Waals surface area contributed by atoms with Crippen molar-refractivity contribution in [3.8, 4) is 0 Å². The third-order valence-electron chi connectivity index (χ3n) is 4.03. The van der Waals surface area contributed by atoms with Gasteiger partial charge in [-0.3, -0.25) is 0 Å². The molecule has 2 rings (SSSR count). The minimum atomic E-state index is -3.70. The molecule has 0 amide bonds. The SMILES string of the molecule is O=S(=O)(NC(CO)CO)c1ccc(C2CCCCC2)cc1. The molecule has 0 aromatic heterocycles. The Kier molecular flexibility index (Phi) is 5.75. The van der Waals surface area contributed by atoms with Crippen molar-refractivity contribution in [1.29, 1.82) is 0 Å². The van der Waals surface area contributed by atoms with E-state index in [-0.39, 0.29) is 4.90 Å². The van der Waals surface area contributed by atoms with Crippen LogP contribution in [0.4, 0.5) is 0 Å². The van der Waals surface area contributed by atoms with Gasteiger partial charge in [0.25, 0.3) is 0 Å². The fraction of sp³-hybridized carbons (Fsp3) is 0.600. The second-order valence-corrected chi connectivity index (χ2v) is 7.30. The van der Waals surface area contributed by atoms with E-state index in [1.807, 2.05) is 12.1 Å². The molecule has 0 saturated heterocycles. The Morgan fingerprint density at radius 1 is 1.05 bits per heavy atom. The number of hydrogen-bond donors (Lipinski definition) is 3. The van der Waals surface area contributed by atoms with E-state index in [0.29, 0.717) is 5.92 Å². The van der Waals surface area contributed by atoms with E-state index in [2.05, 4.69) is 4.72 Å².